The molecule has 0 saturated heterocycles. The molecule has 0 spiro atoms. The van der Waals surface area contributed by atoms with Crippen LogP contribution >= 0.6 is 11.6 Å². The Balaban J connectivity index is 1.68. The van der Waals surface area contributed by atoms with Gasteiger partial charge in [-0.25, -0.2) is 4.39 Å². The maximum Gasteiger partial charge on any atom is 0.252 e. The largest absolute Gasteiger partial charge is 0.418 e. The van der Waals surface area contributed by atoms with E-state index in [9.17, 15) is 9.18 Å². The molecular weight excluding hydrogens is 393 g/mol. The number of halogens is 2. The van der Waals surface area contributed by atoms with Crippen molar-refractivity contribution in [1.82, 2.24) is 15.5 Å². The number of amides is 1. The lowest BCUT2D eigenvalue weighted by atomic mass is 10.1. The van der Waals surface area contributed by atoms with Crippen molar-refractivity contribution in [1.29, 1.82) is 0 Å². The maximum atomic E-state index is 13.4. The van der Waals surface area contributed by atoms with Crippen LogP contribution in [0.2, 0.25) is 5.02 Å². The smallest absolute Gasteiger partial charge is 0.252 e. The van der Waals surface area contributed by atoms with Gasteiger partial charge in [0.05, 0.1) is 0 Å². The summed E-state index contributed by atoms with van der Waals surface area (Å²) in [5.74, 6) is -0.249. The molecule has 5 nitrogen and oxygen atoms in total. The number of carbonyl (C=O) groups is 1. The Labute approximate surface area is 171 Å². The molecule has 0 bridgehead atoms. The normalized spacial score (nSPS) is 11.8. The van der Waals surface area contributed by atoms with E-state index in [-0.39, 0.29) is 17.6 Å². The fraction of sp³-hybridized carbons (Fsp3) is 0.0455. The molecule has 0 unspecified atom stereocenters. The summed E-state index contributed by atoms with van der Waals surface area (Å²) >= 11 is 5.99. The van der Waals surface area contributed by atoms with Crippen LogP contribution in [0.3, 0.4) is 0 Å². The highest BCUT2D eigenvalue weighted by Crippen LogP contribution is 2.26. The van der Waals surface area contributed by atoms with Gasteiger partial charge in [0.2, 0.25) is 11.8 Å². The van der Waals surface area contributed by atoms with E-state index in [0.29, 0.717) is 22.0 Å². The molecule has 144 valence electrons. The Bertz CT molecular complexity index is 1130. The predicted octanol–water partition coefficient (Wildman–Crippen LogP) is 5.05. The van der Waals surface area contributed by atoms with Gasteiger partial charge in [0.15, 0.2) is 0 Å². The molecular formula is C22H15ClFN3O2. The van der Waals surface area contributed by atoms with Crippen molar-refractivity contribution in [2.24, 2.45) is 0 Å². The monoisotopic (exact) mass is 407 g/mol. The Kier molecular flexibility index (Phi) is 5.35. The topological polar surface area (TPSA) is 68.0 Å². The van der Waals surface area contributed by atoms with Crippen LogP contribution in [-0.2, 0) is 0 Å². The van der Waals surface area contributed by atoms with Crippen molar-refractivity contribution in [2.75, 3.05) is 0 Å². The molecule has 1 amide bonds. The first-order valence-electron chi connectivity index (χ1n) is 8.81. The van der Waals surface area contributed by atoms with Crippen molar-refractivity contribution in [3.63, 3.8) is 0 Å². The van der Waals surface area contributed by atoms with Crippen LogP contribution in [0.4, 0.5) is 4.39 Å². The van der Waals surface area contributed by atoms with Crippen LogP contribution in [0.15, 0.2) is 83.3 Å². The first-order chi connectivity index (χ1) is 14.1. The van der Waals surface area contributed by atoms with Crippen LogP contribution in [0.25, 0.3) is 11.5 Å². The lowest BCUT2D eigenvalue weighted by Crippen LogP contribution is -2.29. The summed E-state index contributed by atoms with van der Waals surface area (Å²) in [6.45, 7) is 0. The molecule has 0 aliphatic heterocycles. The summed E-state index contributed by atoms with van der Waals surface area (Å²) in [6.07, 6.45) is 0. The number of aromatic nitrogens is 2. The second-order valence-corrected chi connectivity index (χ2v) is 6.72. The van der Waals surface area contributed by atoms with E-state index in [1.165, 1.54) is 12.1 Å². The minimum absolute atomic E-state index is 0.186. The molecule has 7 heteroatoms. The number of nitrogens with one attached hydrogen (secondary N) is 1. The standard InChI is InChI=1S/C22H15ClFN3O2/c23-17-8-4-7-16(13-17)20(28)25-19(14-9-11-18(24)12-10-14)22-27-26-21(29-22)15-5-2-1-3-6-15/h1-13,19H,(H,25,28)/t19-/m0/s1. The van der Waals surface area contributed by atoms with Gasteiger partial charge in [-0.15, -0.1) is 10.2 Å². The van der Waals surface area contributed by atoms with E-state index >= 15 is 0 Å². The molecule has 0 radical (unpaired) electrons. The van der Waals surface area contributed by atoms with E-state index in [0.717, 1.165) is 5.56 Å². The lowest BCUT2D eigenvalue weighted by molar-refractivity contribution is 0.0938. The summed E-state index contributed by atoms with van der Waals surface area (Å²) in [7, 11) is 0. The van der Waals surface area contributed by atoms with Crippen LogP contribution < -0.4 is 5.32 Å². The average Bonchev–Trinajstić information content (AvgIpc) is 3.23. The van der Waals surface area contributed by atoms with Gasteiger partial charge in [0, 0.05) is 16.1 Å². The number of nitrogens with zero attached hydrogens (tertiary/aromatic N) is 2. The second kappa shape index (κ2) is 8.24. The third kappa shape index (κ3) is 4.33. The fourth-order valence-electron chi connectivity index (χ4n) is 2.84. The van der Waals surface area contributed by atoms with E-state index in [4.69, 9.17) is 16.0 Å². The lowest BCUT2D eigenvalue weighted by Gasteiger charge is -2.16. The zero-order chi connectivity index (χ0) is 20.2. The first kappa shape index (κ1) is 18.8. The number of rotatable bonds is 5. The number of carbonyl (C=O) groups excluding carboxylic acids is 1. The van der Waals surface area contributed by atoms with Gasteiger partial charge < -0.3 is 9.73 Å². The zero-order valence-electron chi connectivity index (χ0n) is 15.0. The first-order valence-corrected chi connectivity index (χ1v) is 9.18. The second-order valence-electron chi connectivity index (χ2n) is 6.28. The highest BCUT2D eigenvalue weighted by molar-refractivity contribution is 6.30. The SMILES string of the molecule is O=C(N[C@@H](c1ccc(F)cc1)c1nnc(-c2ccccc2)o1)c1cccc(Cl)c1. The summed E-state index contributed by atoms with van der Waals surface area (Å²) in [5.41, 5.74) is 1.74. The minimum Gasteiger partial charge on any atom is -0.418 e. The van der Waals surface area contributed by atoms with Crippen LogP contribution in [0.5, 0.6) is 0 Å². The van der Waals surface area contributed by atoms with E-state index in [1.807, 2.05) is 30.3 Å². The summed E-state index contributed by atoms with van der Waals surface area (Å²) < 4.78 is 19.2. The third-order valence-electron chi connectivity index (χ3n) is 4.27. The summed E-state index contributed by atoms with van der Waals surface area (Å²) in [5, 5.41) is 11.5. The summed E-state index contributed by atoms with van der Waals surface area (Å²) in [6, 6.07) is 20.8. The Morgan fingerprint density at radius 2 is 1.72 bits per heavy atom. The van der Waals surface area contributed by atoms with Gasteiger partial charge in [-0.3, -0.25) is 4.79 Å². The number of hydrogen-bond donors (Lipinski definition) is 1. The van der Waals surface area contributed by atoms with Gasteiger partial charge in [0.25, 0.3) is 5.91 Å². The van der Waals surface area contributed by atoms with Gasteiger partial charge in [-0.05, 0) is 48.0 Å². The fourth-order valence-corrected chi connectivity index (χ4v) is 3.03. The Morgan fingerprint density at radius 1 is 0.966 bits per heavy atom. The molecule has 4 rings (SSSR count). The predicted molar refractivity (Wildman–Crippen MR) is 107 cm³/mol. The Morgan fingerprint density at radius 3 is 2.45 bits per heavy atom. The molecule has 1 N–H and O–H groups in total. The molecule has 0 saturated carbocycles. The molecule has 29 heavy (non-hydrogen) atoms. The minimum atomic E-state index is -0.757. The molecule has 1 aromatic heterocycles. The van der Waals surface area contributed by atoms with Crippen LogP contribution in [0.1, 0.15) is 27.9 Å². The molecule has 1 atom stereocenters. The van der Waals surface area contributed by atoms with Crippen molar-refractivity contribution in [3.8, 4) is 11.5 Å². The summed E-state index contributed by atoms with van der Waals surface area (Å²) in [4.78, 5) is 12.8. The van der Waals surface area contributed by atoms with E-state index in [1.54, 1.807) is 36.4 Å². The molecule has 0 aliphatic rings. The Hall–Kier alpha value is -3.51. The highest BCUT2D eigenvalue weighted by atomic mass is 35.5. The van der Waals surface area contributed by atoms with Crippen LogP contribution in [-0.4, -0.2) is 16.1 Å². The van der Waals surface area contributed by atoms with Gasteiger partial charge in [-0.1, -0.05) is 48.0 Å². The maximum absolute atomic E-state index is 13.4. The van der Waals surface area contributed by atoms with Gasteiger partial charge >= 0.3 is 0 Å². The van der Waals surface area contributed by atoms with E-state index < -0.39 is 6.04 Å². The van der Waals surface area contributed by atoms with Crippen molar-refractivity contribution in [3.05, 3.63) is 107 Å². The molecule has 0 aliphatic carbocycles. The third-order valence-corrected chi connectivity index (χ3v) is 4.51. The van der Waals surface area contributed by atoms with E-state index in [2.05, 4.69) is 15.5 Å². The van der Waals surface area contributed by atoms with Crippen molar-refractivity contribution >= 4 is 17.5 Å². The van der Waals surface area contributed by atoms with Gasteiger partial charge in [-0.2, -0.15) is 0 Å². The molecule has 4 aromatic rings. The number of benzene rings is 3. The van der Waals surface area contributed by atoms with Crippen LogP contribution in [0, 0.1) is 5.82 Å². The average molecular weight is 408 g/mol. The zero-order valence-corrected chi connectivity index (χ0v) is 15.8. The van der Waals surface area contributed by atoms with Gasteiger partial charge in [0.1, 0.15) is 11.9 Å². The highest BCUT2D eigenvalue weighted by Gasteiger charge is 2.24. The quantitative estimate of drug-likeness (QED) is 0.502. The molecule has 0 fully saturated rings. The molecule has 3 aromatic carbocycles. The van der Waals surface area contributed by atoms with Crippen molar-refractivity contribution in [2.45, 2.75) is 6.04 Å². The number of hydrogen-bond acceptors (Lipinski definition) is 4. The molecule has 1 heterocycles. The van der Waals surface area contributed by atoms with Crippen molar-refractivity contribution < 1.29 is 13.6 Å².